The Hall–Kier alpha value is -1.44. The Labute approximate surface area is 147 Å². The number of carbonyl (C=O) groups excluding carboxylic acids is 1. The minimum absolute atomic E-state index is 0.116. The molecule has 6 nitrogen and oxygen atoms in total. The molecule has 1 aliphatic heterocycles. The van der Waals surface area contributed by atoms with Gasteiger partial charge < -0.3 is 10.3 Å². The Morgan fingerprint density at radius 2 is 2.30 bits per heavy atom. The number of halogens is 2. The number of amides is 1. The van der Waals surface area contributed by atoms with E-state index in [9.17, 15) is 4.79 Å². The van der Waals surface area contributed by atoms with E-state index in [1.54, 1.807) is 10.8 Å². The largest absolute Gasteiger partial charge is 0.363 e. The molecule has 0 bridgehead atoms. The van der Waals surface area contributed by atoms with Crippen molar-refractivity contribution in [3.8, 4) is 0 Å². The molecule has 1 atom stereocenters. The number of nitrogens with two attached hydrogens (primary N) is 1. The molecule has 2 aromatic heterocycles. The van der Waals surface area contributed by atoms with E-state index in [4.69, 9.17) is 17.3 Å². The molecule has 2 N–H and O–H groups in total. The molecule has 3 rings (SSSR count). The van der Waals surface area contributed by atoms with Crippen molar-refractivity contribution in [1.82, 2.24) is 19.4 Å². The zero-order chi connectivity index (χ0) is 16.7. The Morgan fingerprint density at radius 3 is 2.96 bits per heavy atom. The van der Waals surface area contributed by atoms with Gasteiger partial charge in [-0.3, -0.25) is 9.69 Å². The number of nitrogens with zero attached hydrogens (tertiary/aromatic N) is 4. The van der Waals surface area contributed by atoms with Gasteiger partial charge in [-0.1, -0.05) is 18.5 Å². The van der Waals surface area contributed by atoms with Crippen molar-refractivity contribution in [1.29, 1.82) is 0 Å². The Bertz CT molecular complexity index is 775. The standard InChI is InChI=1S/C15H17BrClN5O/c1-3-22-7-5-9-11(20-15(14(18)23)21(9)2)12(22)8-4-6-19-13(16)10(8)17/h4,6,12H,3,5,7H2,1-2H3,(H2,18,23). The van der Waals surface area contributed by atoms with Gasteiger partial charge in [-0.2, -0.15) is 0 Å². The normalized spacial score (nSPS) is 18.0. The molecule has 0 saturated heterocycles. The first kappa shape index (κ1) is 16.4. The van der Waals surface area contributed by atoms with Crippen LogP contribution in [0.3, 0.4) is 0 Å². The van der Waals surface area contributed by atoms with Crippen LogP contribution in [0.2, 0.25) is 5.02 Å². The predicted octanol–water partition coefficient (Wildman–Crippen LogP) is 2.30. The van der Waals surface area contributed by atoms with Crippen molar-refractivity contribution < 1.29 is 4.79 Å². The highest BCUT2D eigenvalue weighted by Crippen LogP contribution is 2.39. The Balaban J connectivity index is 2.21. The number of aromatic nitrogens is 3. The van der Waals surface area contributed by atoms with Crippen LogP contribution in [0, 0.1) is 0 Å². The molecule has 1 aliphatic rings. The van der Waals surface area contributed by atoms with Crippen molar-refractivity contribution >= 4 is 33.4 Å². The summed E-state index contributed by atoms with van der Waals surface area (Å²) in [5.74, 6) is -0.243. The van der Waals surface area contributed by atoms with E-state index >= 15 is 0 Å². The Kier molecular flexibility index (Phi) is 4.44. The van der Waals surface area contributed by atoms with Crippen LogP contribution in [0.15, 0.2) is 16.9 Å². The molecule has 1 unspecified atom stereocenters. The van der Waals surface area contributed by atoms with Gasteiger partial charge in [0.2, 0.25) is 0 Å². The van der Waals surface area contributed by atoms with Crippen LogP contribution in [0.5, 0.6) is 0 Å². The summed E-state index contributed by atoms with van der Waals surface area (Å²) >= 11 is 9.84. The topological polar surface area (TPSA) is 77.0 Å². The van der Waals surface area contributed by atoms with Gasteiger partial charge >= 0.3 is 0 Å². The van der Waals surface area contributed by atoms with E-state index in [1.165, 1.54) is 0 Å². The third-order valence-corrected chi connectivity index (χ3v) is 5.53. The number of rotatable bonds is 3. The number of carbonyl (C=O) groups is 1. The second kappa shape index (κ2) is 6.22. The molecule has 1 amide bonds. The van der Waals surface area contributed by atoms with Crippen LogP contribution in [0.4, 0.5) is 0 Å². The summed E-state index contributed by atoms with van der Waals surface area (Å²) in [5.41, 5.74) is 8.24. The first-order chi connectivity index (χ1) is 11.0. The van der Waals surface area contributed by atoms with Gasteiger partial charge in [-0.15, -0.1) is 0 Å². The van der Waals surface area contributed by atoms with Crippen LogP contribution in [0.1, 0.15) is 40.5 Å². The second-order valence-corrected chi connectivity index (χ2v) is 6.61. The maximum Gasteiger partial charge on any atom is 0.284 e. The summed E-state index contributed by atoms with van der Waals surface area (Å²) in [7, 11) is 1.83. The van der Waals surface area contributed by atoms with E-state index in [1.807, 2.05) is 13.1 Å². The minimum atomic E-state index is -0.522. The molecule has 2 aromatic rings. The lowest BCUT2D eigenvalue weighted by atomic mass is 9.96. The SMILES string of the molecule is CCN1CCc2c(nc(C(N)=O)n2C)C1c1ccnc(Br)c1Cl. The molecule has 23 heavy (non-hydrogen) atoms. The lowest BCUT2D eigenvalue weighted by Crippen LogP contribution is -2.36. The van der Waals surface area contributed by atoms with E-state index in [0.29, 0.717) is 9.63 Å². The lowest BCUT2D eigenvalue weighted by molar-refractivity contribution is 0.0987. The fraction of sp³-hybridized carbons (Fsp3) is 0.400. The van der Waals surface area contributed by atoms with Crippen LogP contribution in [0.25, 0.3) is 0 Å². The Morgan fingerprint density at radius 1 is 1.57 bits per heavy atom. The van der Waals surface area contributed by atoms with Gasteiger partial charge in [0.1, 0.15) is 4.60 Å². The monoisotopic (exact) mass is 397 g/mol. The summed E-state index contributed by atoms with van der Waals surface area (Å²) in [6.45, 7) is 3.81. The summed E-state index contributed by atoms with van der Waals surface area (Å²) in [5, 5.41) is 0.565. The molecule has 0 saturated carbocycles. The van der Waals surface area contributed by atoms with Crippen LogP contribution in [-0.4, -0.2) is 38.4 Å². The summed E-state index contributed by atoms with van der Waals surface area (Å²) in [6.07, 6.45) is 2.53. The van der Waals surface area contributed by atoms with Gasteiger partial charge in [-0.05, 0) is 34.1 Å². The quantitative estimate of drug-likeness (QED) is 0.805. The average Bonchev–Trinajstić information content (AvgIpc) is 2.87. The first-order valence-corrected chi connectivity index (χ1v) is 8.52. The molecule has 122 valence electrons. The average molecular weight is 399 g/mol. The van der Waals surface area contributed by atoms with Crippen molar-refractivity contribution in [2.75, 3.05) is 13.1 Å². The number of imidazole rings is 1. The number of hydrogen-bond acceptors (Lipinski definition) is 4. The molecule has 0 aromatic carbocycles. The fourth-order valence-electron chi connectivity index (χ4n) is 3.17. The van der Waals surface area contributed by atoms with Gasteiger partial charge in [-0.25, -0.2) is 9.97 Å². The first-order valence-electron chi connectivity index (χ1n) is 7.34. The number of hydrogen-bond donors (Lipinski definition) is 1. The third kappa shape index (κ3) is 2.66. The van der Waals surface area contributed by atoms with Gasteiger partial charge in [0.05, 0.1) is 16.8 Å². The predicted molar refractivity (Wildman–Crippen MR) is 91.5 cm³/mol. The minimum Gasteiger partial charge on any atom is -0.363 e. The summed E-state index contributed by atoms with van der Waals surface area (Å²) in [6, 6.07) is 1.78. The highest BCUT2D eigenvalue weighted by molar-refractivity contribution is 9.10. The molecule has 3 heterocycles. The van der Waals surface area contributed by atoms with E-state index in [2.05, 4.69) is 37.7 Å². The zero-order valence-corrected chi connectivity index (χ0v) is 15.2. The maximum absolute atomic E-state index is 11.6. The highest BCUT2D eigenvalue weighted by atomic mass is 79.9. The summed E-state index contributed by atoms with van der Waals surface area (Å²) in [4.78, 5) is 22.6. The number of fused-ring (bicyclic) bond motifs is 1. The molecule has 0 fully saturated rings. The van der Waals surface area contributed by atoms with Crippen molar-refractivity contribution in [3.05, 3.63) is 44.7 Å². The van der Waals surface area contributed by atoms with Gasteiger partial charge in [0.25, 0.3) is 5.91 Å². The van der Waals surface area contributed by atoms with Crippen LogP contribution in [-0.2, 0) is 13.5 Å². The van der Waals surface area contributed by atoms with Gasteiger partial charge in [0.15, 0.2) is 5.82 Å². The van der Waals surface area contributed by atoms with E-state index in [-0.39, 0.29) is 11.9 Å². The molecule has 0 spiro atoms. The van der Waals surface area contributed by atoms with Crippen LogP contribution < -0.4 is 5.73 Å². The second-order valence-electron chi connectivity index (χ2n) is 5.48. The number of primary amides is 1. The zero-order valence-electron chi connectivity index (χ0n) is 12.9. The molecular weight excluding hydrogens is 382 g/mol. The maximum atomic E-state index is 11.6. The molecule has 0 aliphatic carbocycles. The van der Waals surface area contributed by atoms with Crippen molar-refractivity contribution in [2.24, 2.45) is 12.8 Å². The molecule has 0 radical (unpaired) electrons. The van der Waals surface area contributed by atoms with Gasteiger partial charge in [0, 0.05) is 31.9 Å². The number of pyridine rings is 1. The van der Waals surface area contributed by atoms with Crippen molar-refractivity contribution in [3.63, 3.8) is 0 Å². The highest BCUT2D eigenvalue weighted by Gasteiger charge is 2.34. The van der Waals surface area contributed by atoms with E-state index in [0.717, 1.165) is 36.5 Å². The van der Waals surface area contributed by atoms with E-state index < -0.39 is 5.91 Å². The smallest absolute Gasteiger partial charge is 0.284 e. The molecular formula is C15H17BrClN5O. The molecule has 8 heteroatoms. The van der Waals surface area contributed by atoms with Crippen LogP contribution >= 0.6 is 27.5 Å². The fourth-order valence-corrected chi connectivity index (χ4v) is 3.73. The summed E-state index contributed by atoms with van der Waals surface area (Å²) < 4.78 is 2.40. The third-order valence-electron chi connectivity index (χ3n) is 4.30. The van der Waals surface area contributed by atoms with Crippen molar-refractivity contribution in [2.45, 2.75) is 19.4 Å². The number of likely N-dealkylation sites (N-methyl/N-ethyl adjacent to an activating group) is 1. The lowest BCUT2D eigenvalue weighted by Gasteiger charge is -2.35.